The zero-order valence-corrected chi connectivity index (χ0v) is 14.9. The normalized spacial score (nSPS) is 15.6. The molecule has 0 saturated carbocycles. The summed E-state index contributed by atoms with van der Waals surface area (Å²) in [5.74, 6) is 0.221. The number of hydrogen-bond donors (Lipinski definition) is 0. The summed E-state index contributed by atoms with van der Waals surface area (Å²) in [5.41, 5.74) is 2.25. The van der Waals surface area contributed by atoms with Gasteiger partial charge in [0.2, 0.25) is 5.91 Å². The van der Waals surface area contributed by atoms with Crippen LogP contribution in [-0.4, -0.2) is 36.5 Å². The van der Waals surface area contributed by atoms with Crippen molar-refractivity contribution in [3.05, 3.63) is 66.2 Å². The Hall–Kier alpha value is -2.31. The van der Waals surface area contributed by atoms with E-state index >= 15 is 0 Å². The van der Waals surface area contributed by atoms with Crippen molar-refractivity contribution in [3.8, 4) is 0 Å². The van der Waals surface area contributed by atoms with Crippen LogP contribution in [0.3, 0.4) is 0 Å². The first kappa shape index (κ1) is 17.5. The number of nitrogens with zero attached hydrogens (tertiary/aromatic N) is 2. The molecule has 1 aliphatic heterocycles. The second-order valence-corrected chi connectivity index (χ2v) is 6.60. The standard InChI is InChI=1S/C22H26N2O/c1-2-22(25)24(20-11-7-4-8-12-20)21-14-17-23(18-15-21)16-13-19-9-5-3-6-10-19/h3-5,7-9,11-12,21H,2,13-18H2,1H3. The second-order valence-electron chi connectivity index (χ2n) is 6.60. The summed E-state index contributed by atoms with van der Waals surface area (Å²) in [6.07, 6.45) is 3.63. The van der Waals surface area contributed by atoms with Crippen LogP contribution in [0.1, 0.15) is 31.7 Å². The number of anilines is 1. The van der Waals surface area contributed by atoms with E-state index in [-0.39, 0.29) is 5.91 Å². The van der Waals surface area contributed by atoms with Crippen LogP contribution >= 0.6 is 0 Å². The molecule has 2 aromatic rings. The number of piperidine rings is 1. The molecular formula is C22H26N2O. The lowest BCUT2D eigenvalue weighted by molar-refractivity contribution is -0.119. The van der Waals surface area contributed by atoms with Gasteiger partial charge in [-0.25, -0.2) is 0 Å². The predicted molar refractivity (Wildman–Crippen MR) is 101 cm³/mol. The van der Waals surface area contributed by atoms with Crippen molar-refractivity contribution in [1.82, 2.24) is 4.90 Å². The van der Waals surface area contributed by atoms with Gasteiger partial charge in [0.1, 0.15) is 0 Å². The maximum Gasteiger partial charge on any atom is 0.226 e. The van der Waals surface area contributed by atoms with Gasteiger partial charge in [-0.15, -0.1) is 0 Å². The number of carbonyl (C=O) groups is 1. The molecule has 0 atom stereocenters. The van der Waals surface area contributed by atoms with Gasteiger partial charge in [-0.2, -0.15) is 0 Å². The molecule has 1 aliphatic rings. The first-order valence-corrected chi connectivity index (χ1v) is 9.24. The van der Waals surface area contributed by atoms with Crippen LogP contribution in [0, 0.1) is 12.1 Å². The lowest BCUT2D eigenvalue weighted by Gasteiger charge is -2.38. The molecule has 1 fully saturated rings. The predicted octanol–water partition coefficient (Wildman–Crippen LogP) is 3.74. The van der Waals surface area contributed by atoms with Crippen LogP contribution in [0.25, 0.3) is 0 Å². The Labute approximate surface area is 151 Å². The van der Waals surface area contributed by atoms with Gasteiger partial charge in [-0.1, -0.05) is 43.3 Å². The van der Waals surface area contributed by atoms with Crippen molar-refractivity contribution in [2.24, 2.45) is 0 Å². The second kappa shape index (κ2) is 8.69. The van der Waals surface area contributed by atoms with Crippen LogP contribution in [-0.2, 0) is 11.2 Å². The van der Waals surface area contributed by atoms with Gasteiger partial charge in [-0.05, 0) is 43.5 Å². The van der Waals surface area contributed by atoms with Crippen molar-refractivity contribution in [3.63, 3.8) is 0 Å². The van der Waals surface area contributed by atoms with Gasteiger partial charge in [-0.3, -0.25) is 4.79 Å². The summed E-state index contributed by atoms with van der Waals surface area (Å²) in [7, 11) is 0. The molecule has 0 aromatic heterocycles. The van der Waals surface area contributed by atoms with E-state index in [1.807, 2.05) is 54.3 Å². The molecule has 3 nitrogen and oxygen atoms in total. The highest BCUT2D eigenvalue weighted by Crippen LogP contribution is 2.24. The fraction of sp³-hybridized carbons (Fsp3) is 0.409. The third-order valence-corrected chi connectivity index (χ3v) is 4.93. The third-order valence-electron chi connectivity index (χ3n) is 4.93. The van der Waals surface area contributed by atoms with E-state index in [2.05, 4.69) is 23.1 Å². The third kappa shape index (κ3) is 4.61. The van der Waals surface area contributed by atoms with Crippen molar-refractivity contribution in [1.29, 1.82) is 0 Å². The van der Waals surface area contributed by atoms with Gasteiger partial charge < -0.3 is 9.80 Å². The lowest BCUT2D eigenvalue weighted by atomic mass is 10.0. The molecule has 0 bridgehead atoms. The van der Waals surface area contributed by atoms with E-state index in [1.54, 1.807) is 0 Å². The Kier molecular flexibility index (Phi) is 6.09. The van der Waals surface area contributed by atoms with Gasteiger partial charge in [0.15, 0.2) is 0 Å². The summed E-state index contributed by atoms with van der Waals surface area (Å²) in [6.45, 7) is 5.08. The first-order valence-electron chi connectivity index (χ1n) is 9.24. The van der Waals surface area contributed by atoms with Crippen molar-refractivity contribution < 1.29 is 4.79 Å². The highest BCUT2D eigenvalue weighted by molar-refractivity contribution is 5.93. The fourth-order valence-electron chi connectivity index (χ4n) is 3.53. The van der Waals surface area contributed by atoms with Crippen LogP contribution in [0.2, 0.25) is 0 Å². The summed E-state index contributed by atoms with van der Waals surface area (Å²) < 4.78 is 0. The molecule has 25 heavy (non-hydrogen) atoms. The van der Waals surface area contributed by atoms with E-state index in [9.17, 15) is 4.79 Å². The van der Waals surface area contributed by atoms with Gasteiger partial charge in [0.25, 0.3) is 0 Å². The van der Waals surface area contributed by atoms with E-state index in [0.29, 0.717) is 12.5 Å². The Morgan fingerprint density at radius 2 is 1.92 bits per heavy atom. The number of rotatable bonds is 6. The van der Waals surface area contributed by atoms with Crippen LogP contribution in [0.5, 0.6) is 0 Å². The Bertz CT molecular complexity index is 648. The number of benzene rings is 1. The highest BCUT2D eigenvalue weighted by atomic mass is 16.2. The first-order chi connectivity index (χ1) is 12.3. The molecule has 0 radical (unpaired) electrons. The summed E-state index contributed by atoms with van der Waals surface area (Å²) in [4.78, 5) is 17.0. The molecule has 2 aromatic carbocycles. The fourth-order valence-corrected chi connectivity index (χ4v) is 3.53. The zero-order chi connectivity index (χ0) is 17.5. The van der Waals surface area contributed by atoms with Crippen LogP contribution < -0.4 is 4.90 Å². The van der Waals surface area contributed by atoms with Crippen molar-refractivity contribution in [2.75, 3.05) is 24.5 Å². The van der Waals surface area contributed by atoms with Gasteiger partial charge in [0, 0.05) is 43.3 Å². The molecule has 0 N–H and O–H groups in total. The Morgan fingerprint density at radius 1 is 1.16 bits per heavy atom. The summed E-state index contributed by atoms with van der Waals surface area (Å²) in [5, 5.41) is 0. The minimum absolute atomic E-state index is 0.221. The lowest BCUT2D eigenvalue weighted by Crippen LogP contribution is -2.47. The molecule has 0 unspecified atom stereocenters. The molecule has 1 amide bonds. The van der Waals surface area contributed by atoms with Crippen LogP contribution in [0.4, 0.5) is 5.69 Å². The number of para-hydroxylation sites is 1. The van der Waals surface area contributed by atoms with E-state index < -0.39 is 0 Å². The average Bonchev–Trinajstić information content (AvgIpc) is 2.69. The topological polar surface area (TPSA) is 23.6 Å². The SMILES string of the molecule is CCC(=O)N(c1ccccc1)C1CCN(CCc2c#cccc2)CC1. The minimum Gasteiger partial charge on any atom is -0.309 e. The molecule has 0 aliphatic carbocycles. The molecule has 1 heterocycles. The Balaban J connectivity index is 1.57. The molecule has 130 valence electrons. The number of amides is 1. The highest BCUT2D eigenvalue weighted by Gasteiger charge is 2.28. The average molecular weight is 334 g/mol. The van der Waals surface area contributed by atoms with E-state index in [4.69, 9.17) is 0 Å². The van der Waals surface area contributed by atoms with Crippen molar-refractivity contribution in [2.45, 2.75) is 38.6 Å². The number of likely N-dealkylation sites (tertiary alicyclic amines) is 1. The largest absolute Gasteiger partial charge is 0.309 e. The van der Waals surface area contributed by atoms with E-state index in [0.717, 1.165) is 44.6 Å². The molecular weight excluding hydrogens is 308 g/mol. The number of hydrogen-bond acceptors (Lipinski definition) is 2. The van der Waals surface area contributed by atoms with E-state index in [1.165, 1.54) is 5.56 Å². The van der Waals surface area contributed by atoms with Gasteiger partial charge >= 0.3 is 0 Å². The Morgan fingerprint density at radius 3 is 2.56 bits per heavy atom. The number of carbonyl (C=O) groups excluding carboxylic acids is 1. The van der Waals surface area contributed by atoms with Crippen molar-refractivity contribution >= 4 is 11.6 Å². The minimum atomic E-state index is 0.221. The molecule has 0 spiro atoms. The smallest absolute Gasteiger partial charge is 0.226 e. The zero-order valence-electron chi connectivity index (χ0n) is 14.9. The van der Waals surface area contributed by atoms with Gasteiger partial charge in [0.05, 0.1) is 0 Å². The summed E-state index contributed by atoms with van der Waals surface area (Å²) >= 11 is 0. The van der Waals surface area contributed by atoms with Crippen LogP contribution in [0.15, 0.2) is 48.5 Å². The molecule has 1 saturated heterocycles. The summed E-state index contributed by atoms with van der Waals surface area (Å²) in [6, 6.07) is 22.6. The maximum absolute atomic E-state index is 12.5. The monoisotopic (exact) mass is 334 g/mol. The quantitative estimate of drug-likeness (QED) is 0.803. The molecule has 3 heteroatoms. The maximum atomic E-state index is 12.5. The molecule has 3 rings (SSSR count).